The summed E-state index contributed by atoms with van der Waals surface area (Å²) in [6.07, 6.45) is 3.39. The molecule has 4 aliphatic rings. The minimum absolute atomic E-state index is 0.0463. The fourth-order valence-electron chi connectivity index (χ4n) is 8.32. The van der Waals surface area contributed by atoms with Crippen molar-refractivity contribution in [2.75, 3.05) is 0 Å². The van der Waals surface area contributed by atoms with Gasteiger partial charge in [0.2, 0.25) is 0 Å². The van der Waals surface area contributed by atoms with Crippen molar-refractivity contribution in [3.8, 4) is 0 Å². The van der Waals surface area contributed by atoms with Gasteiger partial charge in [0.1, 0.15) is 0 Å². The first-order valence-corrected chi connectivity index (χ1v) is 12.9. The van der Waals surface area contributed by atoms with Crippen molar-refractivity contribution in [2.45, 2.75) is 115 Å². The van der Waals surface area contributed by atoms with E-state index < -0.39 is 40.3 Å². The highest BCUT2D eigenvalue weighted by molar-refractivity contribution is 5.95. The number of carbonyl (C=O) groups excluding carboxylic acids is 1. The summed E-state index contributed by atoms with van der Waals surface area (Å²) in [6.45, 7) is 9.96. The first-order chi connectivity index (χ1) is 15.2. The van der Waals surface area contributed by atoms with Gasteiger partial charge in [-0.2, -0.15) is 0 Å². The van der Waals surface area contributed by atoms with Gasteiger partial charge in [0.15, 0.2) is 5.78 Å². The van der Waals surface area contributed by atoms with Crippen molar-refractivity contribution in [3.63, 3.8) is 0 Å². The Bertz CT molecular complexity index is 819. The molecule has 10 atom stereocenters. The van der Waals surface area contributed by atoms with Gasteiger partial charge in [-0.25, -0.2) is 0 Å². The summed E-state index contributed by atoms with van der Waals surface area (Å²) >= 11 is 0. The summed E-state index contributed by atoms with van der Waals surface area (Å²) in [4.78, 5) is 13.2. The minimum Gasteiger partial charge on any atom is -0.390 e. The molecule has 6 heteroatoms. The van der Waals surface area contributed by atoms with E-state index in [0.29, 0.717) is 38.0 Å². The van der Waals surface area contributed by atoms with Crippen LogP contribution in [0.4, 0.5) is 0 Å². The summed E-state index contributed by atoms with van der Waals surface area (Å²) in [5.74, 6) is -0.331. The molecule has 3 saturated carbocycles. The largest absolute Gasteiger partial charge is 0.390 e. The van der Waals surface area contributed by atoms with Crippen LogP contribution in [0.15, 0.2) is 11.6 Å². The zero-order valence-electron chi connectivity index (χ0n) is 20.9. The highest BCUT2D eigenvalue weighted by atomic mass is 16.3. The predicted octanol–water partition coefficient (Wildman–Crippen LogP) is 2.74. The van der Waals surface area contributed by atoms with Crippen LogP contribution in [0.2, 0.25) is 0 Å². The monoisotopic (exact) mass is 464 g/mol. The van der Waals surface area contributed by atoms with Crippen LogP contribution in [-0.4, -0.2) is 60.8 Å². The number of ketones is 1. The molecule has 5 N–H and O–H groups in total. The van der Waals surface area contributed by atoms with E-state index in [1.807, 2.05) is 13.8 Å². The van der Waals surface area contributed by atoms with Crippen molar-refractivity contribution in [1.29, 1.82) is 0 Å². The van der Waals surface area contributed by atoms with E-state index in [9.17, 15) is 30.3 Å². The Morgan fingerprint density at radius 2 is 1.76 bits per heavy atom. The number of allylic oxidation sites excluding steroid dienone is 1. The Morgan fingerprint density at radius 3 is 2.39 bits per heavy atom. The molecular weight excluding hydrogens is 420 g/mol. The number of hydrogen-bond donors (Lipinski definition) is 5. The van der Waals surface area contributed by atoms with Gasteiger partial charge in [0.05, 0.1) is 29.5 Å². The third kappa shape index (κ3) is 3.58. The van der Waals surface area contributed by atoms with Gasteiger partial charge in [-0.3, -0.25) is 4.79 Å². The Balaban J connectivity index is 1.68. The van der Waals surface area contributed by atoms with Crippen LogP contribution in [0.25, 0.3) is 0 Å². The average Bonchev–Trinajstić information content (AvgIpc) is 3.00. The highest BCUT2D eigenvalue weighted by Gasteiger charge is 2.69. The van der Waals surface area contributed by atoms with E-state index in [2.05, 4.69) is 13.8 Å². The van der Waals surface area contributed by atoms with Crippen LogP contribution in [0.3, 0.4) is 0 Å². The van der Waals surface area contributed by atoms with Gasteiger partial charge in [-0.1, -0.05) is 27.7 Å². The van der Waals surface area contributed by atoms with Crippen molar-refractivity contribution < 1.29 is 30.3 Å². The smallest absolute Gasteiger partial charge is 0.159 e. The number of aliphatic hydroxyl groups is 5. The number of carbonyl (C=O) groups is 1. The summed E-state index contributed by atoms with van der Waals surface area (Å²) in [7, 11) is 0. The molecule has 0 aromatic carbocycles. The standard InChI is InChI=1S/C27H44O6/c1-15(2)6-7-23(31)26(5,32)22-9-11-27(33)17-12-19(28)18-13-20(29)21(30)14-24(18,3)16(17)8-10-25(22,27)4/h12,15-16,18,20-23,29-33H,6-11,13-14H2,1-5H3/t16?,18-,20+,21-,22-,23+,24+,25+,26+,27+/m0/s1. The lowest BCUT2D eigenvalue weighted by Crippen LogP contribution is -2.62. The molecule has 0 bridgehead atoms. The van der Waals surface area contributed by atoms with E-state index >= 15 is 0 Å². The molecule has 0 amide bonds. The fourth-order valence-corrected chi connectivity index (χ4v) is 8.32. The minimum atomic E-state index is -1.34. The topological polar surface area (TPSA) is 118 Å². The van der Waals surface area contributed by atoms with Crippen LogP contribution in [0, 0.1) is 34.5 Å². The molecule has 6 nitrogen and oxygen atoms in total. The average molecular weight is 465 g/mol. The number of fused-ring (bicyclic) bond motifs is 5. The van der Waals surface area contributed by atoms with Crippen molar-refractivity contribution in [1.82, 2.24) is 0 Å². The Kier molecular flexibility index (Phi) is 6.23. The number of aliphatic hydroxyl groups excluding tert-OH is 3. The molecule has 0 aromatic rings. The molecule has 0 aliphatic heterocycles. The second-order valence-corrected chi connectivity index (χ2v) is 12.8. The van der Waals surface area contributed by atoms with E-state index in [1.54, 1.807) is 13.0 Å². The summed E-state index contributed by atoms with van der Waals surface area (Å²) in [6, 6.07) is 0. The van der Waals surface area contributed by atoms with Gasteiger partial charge >= 0.3 is 0 Å². The second kappa shape index (κ2) is 8.12. The SMILES string of the molecule is CC(C)CC[C@@H](O)[C@](C)(O)[C@H]1CC[C@@]2(O)C3=CC(=O)[C@@H]4C[C@@H](O)[C@@H](O)C[C@]4(C)C3CC[C@]12C. The molecule has 0 spiro atoms. The third-order valence-electron chi connectivity index (χ3n) is 10.5. The zero-order chi connectivity index (χ0) is 24.6. The first-order valence-electron chi connectivity index (χ1n) is 12.9. The summed E-state index contributed by atoms with van der Waals surface area (Å²) in [5.41, 5.74) is -2.98. The molecule has 4 rings (SSSR count). The first kappa shape index (κ1) is 25.3. The molecule has 3 fully saturated rings. The molecule has 4 aliphatic carbocycles. The molecule has 0 saturated heterocycles. The highest BCUT2D eigenvalue weighted by Crippen LogP contribution is 2.68. The molecule has 188 valence electrons. The van der Waals surface area contributed by atoms with Crippen LogP contribution in [0.5, 0.6) is 0 Å². The Labute approximate surface area is 198 Å². The van der Waals surface area contributed by atoms with Crippen LogP contribution >= 0.6 is 0 Å². The van der Waals surface area contributed by atoms with Gasteiger partial charge < -0.3 is 25.5 Å². The molecule has 0 aromatic heterocycles. The van der Waals surface area contributed by atoms with E-state index in [4.69, 9.17) is 0 Å². The van der Waals surface area contributed by atoms with E-state index in [0.717, 1.165) is 18.4 Å². The van der Waals surface area contributed by atoms with Crippen LogP contribution < -0.4 is 0 Å². The lowest BCUT2D eigenvalue weighted by atomic mass is 9.45. The maximum absolute atomic E-state index is 13.2. The molecule has 0 radical (unpaired) electrons. The van der Waals surface area contributed by atoms with Gasteiger partial charge in [-0.05, 0) is 93.1 Å². The third-order valence-corrected chi connectivity index (χ3v) is 10.5. The summed E-state index contributed by atoms with van der Waals surface area (Å²) < 4.78 is 0. The zero-order valence-corrected chi connectivity index (χ0v) is 20.9. The van der Waals surface area contributed by atoms with Gasteiger partial charge in [0.25, 0.3) is 0 Å². The van der Waals surface area contributed by atoms with Crippen LogP contribution in [0.1, 0.15) is 86.0 Å². The van der Waals surface area contributed by atoms with E-state index in [1.165, 1.54) is 0 Å². The lowest BCUT2D eigenvalue weighted by Gasteiger charge is -2.60. The second-order valence-electron chi connectivity index (χ2n) is 12.8. The maximum Gasteiger partial charge on any atom is 0.159 e. The molecule has 0 heterocycles. The number of hydrogen-bond acceptors (Lipinski definition) is 6. The van der Waals surface area contributed by atoms with E-state index in [-0.39, 0.29) is 30.0 Å². The molecule has 1 unspecified atom stereocenters. The van der Waals surface area contributed by atoms with Crippen molar-refractivity contribution in [3.05, 3.63) is 11.6 Å². The maximum atomic E-state index is 13.2. The van der Waals surface area contributed by atoms with Crippen LogP contribution in [-0.2, 0) is 4.79 Å². The number of rotatable bonds is 5. The summed E-state index contributed by atoms with van der Waals surface area (Å²) in [5, 5.41) is 55.4. The van der Waals surface area contributed by atoms with Crippen molar-refractivity contribution in [2.24, 2.45) is 34.5 Å². The molecule has 33 heavy (non-hydrogen) atoms. The predicted molar refractivity (Wildman–Crippen MR) is 125 cm³/mol. The quantitative estimate of drug-likeness (QED) is 0.427. The Morgan fingerprint density at radius 1 is 1.09 bits per heavy atom. The van der Waals surface area contributed by atoms with Crippen molar-refractivity contribution >= 4 is 5.78 Å². The Hall–Kier alpha value is -0.790. The van der Waals surface area contributed by atoms with Gasteiger partial charge in [-0.15, -0.1) is 0 Å². The normalized spacial score (nSPS) is 47.9. The molecular formula is C27H44O6. The fraction of sp³-hybridized carbons (Fsp3) is 0.889. The lowest BCUT2D eigenvalue weighted by molar-refractivity contribution is -0.176. The van der Waals surface area contributed by atoms with Gasteiger partial charge in [0, 0.05) is 11.3 Å².